The zero-order valence-electron chi connectivity index (χ0n) is 11.9. The second kappa shape index (κ2) is 6.39. The first kappa shape index (κ1) is 13.6. The number of amides is 2. The molecule has 1 aliphatic heterocycles. The van der Waals surface area contributed by atoms with Crippen molar-refractivity contribution in [1.29, 1.82) is 0 Å². The number of pyridine rings is 1. The maximum Gasteiger partial charge on any atom is 0.318 e. The summed E-state index contributed by atoms with van der Waals surface area (Å²) in [4.78, 5) is 18.5. The van der Waals surface area contributed by atoms with Gasteiger partial charge in [-0.15, -0.1) is 0 Å². The Morgan fingerprint density at radius 1 is 1.24 bits per heavy atom. The molecule has 1 N–H and O–H groups in total. The molecule has 21 heavy (non-hydrogen) atoms. The normalized spacial score (nSPS) is 17.7. The molecule has 0 spiro atoms. The third-order valence-corrected chi connectivity index (χ3v) is 3.87. The van der Waals surface area contributed by atoms with Gasteiger partial charge in [-0.05, 0) is 30.0 Å². The lowest BCUT2D eigenvalue weighted by Gasteiger charge is -2.25. The number of hydrogen-bond acceptors (Lipinski definition) is 2. The van der Waals surface area contributed by atoms with Gasteiger partial charge in [-0.25, -0.2) is 4.79 Å². The topological polar surface area (TPSA) is 45.2 Å². The Morgan fingerprint density at radius 3 is 2.86 bits per heavy atom. The average Bonchev–Trinajstić information content (AvgIpc) is 3.04. The van der Waals surface area contributed by atoms with Crippen LogP contribution >= 0.6 is 0 Å². The monoisotopic (exact) mass is 281 g/mol. The van der Waals surface area contributed by atoms with E-state index < -0.39 is 0 Å². The SMILES string of the molecule is O=C(NCc1ccccc1)N1CCC[C@H]1c1cccnc1. The summed E-state index contributed by atoms with van der Waals surface area (Å²) in [5, 5.41) is 3.01. The number of carbonyl (C=O) groups is 1. The lowest BCUT2D eigenvalue weighted by Crippen LogP contribution is -2.39. The predicted molar refractivity (Wildman–Crippen MR) is 81.6 cm³/mol. The van der Waals surface area contributed by atoms with Gasteiger partial charge in [-0.1, -0.05) is 36.4 Å². The molecule has 0 saturated carbocycles. The Bertz CT molecular complexity index is 585. The van der Waals surface area contributed by atoms with Crippen LogP contribution in [0.15, 0.2) is 54.9 Å². The van der Waals surface area contributed by atoms with Gasteiger partial charge in [0.15, 0.2) is 0 Å². The van der Waals surface area contributed by atoms with Gasteiger partial charge in [0.05, 0.1) is 6.04 Å². The Morgan fingerprint density at radius 2 is 2.10 bits per heavy atom. The van der Waals surface area contributed by atoms with E-state index >= 15 is 0 Å². The number of hydrogen-bond donors (Lipinski definition) is 1. The third kappa shape index (κ3) is 3.21. The van der Waals surface area contributed by atoms with Gasteiger partial charge in [-0.3, -0.25) is 4.98 Å². The quantitative estimate of drug-likeness (QED) is 0.939. The van der Waals surface area contributed by atoms with Crippen LogP contribution in [0.4, 0.5) is 4.79 Å². The van der Waals surface area contributed by atoms with Gasteiger partial charge in [0, 0.05) is 25.5 Å². The molecular weight excluding hydrogens is 262 g/mol. The Balaban J connectivity index is 1.64. The molecule has 2 aromatic rings. The molecule has 4 nitrogen and oxygen atoms in total. The smallest absolute Gasteiger partial charge is 0.318 e. The van der Waals surface area contributed by atoms with Gasteiger partial charge in [0.2, 0.25) is 0 Å². The number of nitrogens with one attached hydrogen (secondary N) is 1. The molecule has 1 atom stereocenters. The number of carbonyl (C=O) groups excluding carboxylic acids is 1. The van der Waals surface area contributed by atoms with Crippen molar-refractivity contribution >= 4 is 6.03 Å². The van der Waals surface area contributed by atoms with Crippen LogP contribution in [0.3, 0.4) is 0 Å². The molecule has 2 amide bonds. The van der Waals surface area contributed by atoms with Crippen LogP contribution < -0.4 is 5.32 Å². The molecule has 3 rings (SSSR count). The van der Waals surface area contributed by atoms with Crippen molar-refractivity contribution in [2.45, 2.75) is 25.4 Å². The van der Waals surface area contributed by atoms with Crippen LogP contribution in [-0.4, -0.2) is 22.5 Å². The van der Waals surface area contributed by atoms with E-state index in [1.54, 1.807) is 6.20 Å². The highest BCUT2D eigenvalue weighted by molar-refractivity contribution is 5.75. The largest absolute Gasteiger partial charge is 0.334 e. The van der Waals surface area contributed by atoms with Crippen LogP contribution in [0, 0.1) is 0 Å². The van der Waals surface area contributed by atoms with E-state index in [0.717, 1.165) is 30.5 Å². The first-order valence-corrected chi connectivity index (χ1v) is 7.33. The molecular formula is C17H19N3O. The summed E-state index contributed by atoms with van der Waals surface area (Å²) in [5.41, 5.74) is 2.23. The first-order chi connectivity index (χ1) is 10.3. The highest BCUT2D eigenvalue weighted by atomic mass is 16.2. The van der Waals surface area contributed by atoms with Crippen LogP contribution in [0.5, 0.6) is 0 Å². The summed E-state index contributed by atoms with van der Waals surface area (Å²) in [6.07, 6.45) is 5.66. The van der Waals surface area contributed by atoms with Crippen molar-refractivity contribution < 1.29 is 4.79 Å². The molecule has 1 fully saturated rings. The first-order valence-electron chi connectivity index (χ1n) is 7.33. The van der Waals surface area contributed by atoms with Crippen LogP contribution in [0.1, 0.15) is 30.0 Å². The minimum Gasteiger partial charge on any atom is -0.334 e. The number of rotatable bonds is 3. The van der Waals surface area contributed by atoms with Crippen LogP contribution in [0.2, 0.25) is 0 Å². The van der Waals surface area contributed by atoms with Crippen molar-refractivity contribution in [2.24, 2.45) is 0 Å². The van der Waals surface area contributed by atoms with E-state index in [-0.39, 0.29) is 12.1 Å². The van der Waals surface area contributed by atoms with Gasteiger partial charge < -0.3 is 10.2 Å². The Kier molecular flexibility index (Phi) is 4.15. The fourth-order valence-electron chi connectivity index (χ4n) is 2.80. The van der Waals surface area contributed by atoms with Gasteiger partial charge >= 0.3 is 6.03 Å². The van der Waals surface area contributed by atoms with E-state index in [1.165, 1.54) is 0 Å². The zero-order chi connectivity index (χ0) is 14.5. The van der Waals surface area contributed by atoms with Crippen molar-refractivity contribution in [1.82, 2.24) is 15.2 Å². The van der Waals surface area contributed by atoms with E-state index in [9.17, 15) is 4.79 Å². The van der Waals surface area contributed by atoms with Crippen molar-refractivity contribution in [2.75, 3.05) is 6.54 Å². The minimum atomic E-state index is 0.00482. The van der Waals surface area contributed by atoms with Gasteiger partial charge in [0.25, 0.3) is 0 Å². The summed E-state index contributed by atoms with van der Waals surface area (Å²) in [7, 11) is 0. The summed E-state index contributed by atoms with van der Waals surface area (Å²) >= 11 is 0. The molecule has 1 aliphatic rings. The molecule has 0 unspecified atom stereocenters. The third-order valence-electron chi connectivity index (χ3n) is 3.87. The lowest BCUT2D eigenvalue weighted by molar-refractivity contribution is 0.192. The second-order valence-electron chi connectivity index (χ2n) is 5.28. The van der Waals surface area contributed by atoms with E-state index in [0.29, 0.717) is 6.54 Å². The molecule has 1 aromatic heterocycles. The standard InChI is InChI=1S/C17H19N3O/c21-17(19-12-14-6-2-1-3-7-14)20-11-5-9-16(20)15-8-4-10-18-13-15/h1-4,6-8,10,13,16H,5,9,11-12H2,(H,19,21)/t16-/m0/s1. The number of nitrogens with zero attached hydrogens (tertiary/aromatic N) is 2. The molecule has 0 aliphatic carbocycles. The molecule has 4 heteroatoms. The minimum absolute atomic E-state index is 0.00482. The van der Waals surface area contributed by atoms with Crippen molar-refractivity contribution in [3.8, 4) is 0 Å². The lowest BCUT2D eigenvalue weighted by atomic mass is 10.1. The molecule has 2 heterocycles. The molecule has 0 bridgehead atoms. The van der Waals surface area contributed by atoms with Gasteiger partial charge in [0.1, 0.15) is 0 Å². The number of benzene rings is 1. The highest BCUT2D eigenvalue weighted by Crippen LogP contribution is 2.31. The number of urea groups is 1. The Labute approximate surface area is 124 Å². The van der Waals surface area contributed by atoms with E-state index in [1.807, 2.05) is 53.6 Å². The van der Waals surface area contributed by atoms with Crippen LogP contribution in [0.25, 0.3) is 0 Å². The van der Waals surface area contributed by atoms with Crippen molar-refractivity contribution in [3.05, 3.63) is 66.0 Å². The highest BCUT2D eigenvalue weighted by Gasteiger charge is 2.29. The average molecular weight is 281 g/mol. The fourth-order valence-corrected chi connectivity index (χ4v) is 2.80. The molecule has 1 aromatic carbocycles. The van der Waals surface area contributed by atoms with Gasteiger partial charge in [-0.2, -0.15) is 0 Å². The summed E-state index contributed by atoms with van der Waals surface area (Å²) in [6, 6.07) is 14.1. The van der Waals surface area contributed by atoms with Crippen molar-refractivity contribution in [3.63, 3.8) is 0 Å². The molecule has 1 saturated heterocycles. The van der Waals surface area contributed by atoms with E-state index in [4.69, 9.17) is 0 Å². The summed E-state index contributed by atoms with van der Waals surface area (Å²) < 4.78 is 0. The maximum absolute atomic E-state index is 12.4. The predicted octanol–water partition coefficient (Wildman–Crippen LogP) is 3.13. The maximum atomic E-state index is 12.4. The van der Waals surface area contributed by atoms with Crippen LogP contribution in [-0.2, 0) is 6.54 Å². The molecule has 108 valence electrons. The second-order valence-corrected chi connectivity index (χ2v) is 5.28. The zero-order valence-corrected chi connectivity index (χ0v) is 11.9. The summed E-state index contributed by atoms with van der Waals surface area (Å²) in [6.45, 7) is 1.37. The number of aromatic nitrogens is 1. The van der Waals surface area contributed by atoms with E-state index in [2.05, 4.69) is 10.3 Å². The Hall–Kier alpha value is -2.36. The molecule has 0 radical (unpaired) electrons. The number of likely N-dealkylation sites (tertiary alicyclic amines) is 1. The summed E-state index contributed by atoms with van der Waals surface area (Å²) in [5.74, 6) is 0. The fraction of sp³-hybridized carbons (Fsp3) is 0.294.